The number of carbonyl (C=O) groups excluding carboxylic acids is 1. The summed E-state index contributed by atoms with van der Waals surface area (Å²) < 4.78 is 23.2. The van der Waals surface area contributed by atoms with Crippen LogP contribution in [0.1, 0.15) is 33.6 Å². The van der Waals surface area contributed by atoms with E-state index in [1.165, 1.54) is 0 Å². The Labute approximate surface area is 111 Å². The molecule has 0 fully saturated rings. The fourth-order valence-electron chi connectivity index (χ4n) is 1.33. The van der Waals surface area contributed by atoms with Gasteiger partial charge in [0, 0.05) is 13.1 Å². The van der Waals surface area contributed by atoms with Crippen molar-refractivity contribution in [1.29, 1.82) is 0 Å². The lowest BCUT2D eigenvalue weighted by molar-refractivity contribution is -0.118. The van der Waals surface area contributed by atoms with Crippen molar-refractivity contribution >= 4 is 15.7 Å². The van der Waals surface area contributed by atoms with Crippen molar-refractivity contribution < 1.29 is 13.2 Å². The summed E-state index contributed by atoms with van der Waals surface area (Å²) in [7, 11) is -3.29. The Morgan fingerprint density at radius 2 is 1.83 bits per heavy atom. The minimum atomic E-state index is -3.29. The second-order valence-corrected chi connectivity index (χ2v) is 7.06. The molecule has 0 saturated carbocycles. The highest BCUT2D eigenvalue weighted by Crippen LogP contribution is 1.96. The molecule has 0 aromatic heterocycles. The molecular weight excluding hydrogens is 252 g/mol. The molecule has 18 heavy (non-hydrogen) atoms. The minimum absolute atomic E-state index is 0.0185. The molecule has 0 saturated heterocycles. The Morgan fingerprint density at radius 3 is 2.39 bits per heavy atom. The first kappa shape index (κ1) is 17.4. The molecule has 0 aliphatic heterocycles. The van der Waals surface area contributed by atoms with Crippen molar-refractivity contribution in [3.63, 3.8) is 0 Å². The second-order valence-electron chi connectivity index (χ2n) is 4.87. The van der Waals surface area contributed by atoms with Crippen LogP contribution in [0.3, 0.4) is 0 Å². The Bertz CT molecular complexity index is 326. The van der Waals surface area contributed by atoms with Crippen molar-refractivity contribution in [2.75, 3.05) is 31.1 Å². The van der Waals surface area contributed by atoms with Gasteiger partial charge < -0.3 is 10.6 Å². The maximum absolute atomic E-state index is 11.6. The van der Waals surface area contributed by atoms with Crippen LogP contribution < -0.4 is 10.6 Å². The molecule has 0 aliphatic carbocycles. The number of hydrogen-bond donors (Lipinski definition) is 2. The van der Waals surface area contributed by atoms with E-state index >= 15 is 0 Å². The molecule has 0 spiro atoms. The molecule has 0 aromatic rings. The fraction of sp³-hybridized carbons (Fsp3) is 0.917. The van der Waals surface area contributed by atoms with Gasteiger partial charge in [-0.15, -0.1) is 0 Å². The first-order valence-corrected chi connectivity index (χ1v) is 8.37. The van der Waals surface area contributed by atoms with Crippen LogP contribution >= 0.6 is 0 Å². The Kier molecular flexibility index (Phi) is 9.01. The van der Waals surface area contributed by atoms with E-state index in [1.807, 2.05) is 6.92 Å². The monoisotopic (exact) mass is 278 g/mol. The van der Waals surface area contributed by atoms with Crippen LogP contribution in [0.2, 0.25) is 0 Å². The summed E-state index contributed by atoms with van der Waals surface area (Å²) in [5.41, 5.74) is 0. The zero-order valence-corrected chi connectivity index (χ0v) is 12.5. The molecule has 0 aromatic carbocycles. The first-order chi connectivity index (χ1) is 8.37. The zero-order valence-electron chi connectivity index (χ0n) is 11.7. The van der Waals surface area contributed by atoms with Crippen LogP contribution in [0.4, 0.5) is 0 Å². The maximum Gasteiger partial charge on any atom is 0.235 e. The number of amides is 1. The maximum atomic E-state index is 11.6. The van der Waals surface area contributed by atoms with Gasteiger partial charge in [0.15, 0.2) is 9.84 Å². The molecule has 0 heterocycles. The fourth-order valence-corrected chi connectivity index (χ4v) is 2.43. The van der Waals surface area contributed by atoms with Crippen LogP contribution in [0.15, 0.2) is 0 Å². The molecular formula is C12H26N2O3S. The average Bonchev–Trinajstić information content (AvgIpc) is 2.24. The SMILES string of the molecule is CCCNC(=O)CS(=O)(=O)CCNCCC(C)C. The van der Waals surface area contributed by atoms with Gasteiger partial charge in [0.25, 0.3) is 0 Å². The third-order valence-corrected chi connectivity index (χ3v) is 3.94. The topological polar surface area (TPSA) is 75.3 Å². The quantitative estimate of drug-likeness (QED) is 0.573. The minimum Gasteiger partial charge on any atom is -0.355 e. The van der Waals surface area contributed by atoms with E-state index in [0.29, 0.717) is 19.0 Å². The lowest BCUT2D eigenvalue weighted by atomic mass is 10.1. The molecule has 0 unspecified atom stereocenters. The van der Waals surface area contributed by atoms with Crippen molar-refractivity contribution in [2.45, 2.75) is 33.6 Å². The van der Waals surface area contributed by atoms with Gasteiger partial charge in [0.05, 0.1) is 5.75 Å². The third kappa shape index (κ3) is 10.5. The van der Waals surface area contributed by atoms with Gasteiger partial charge in [0.1, 0.15) is 5.75 Å². The van der Waals surface area contributed by atoms with E-state index in [0.717, 1.165) is 19.4 Å². The largest absolute Gasteiger partial charge is 0.355 e. The van der Waals surface area contributed by atoms with E-state index in [1.54, 1.807) is 0 Å². The summed E-state index contributed by atoms with van der Waals surface area (Å²) in [4.78, 5) is 11.3. The van der Waals surface area contributed by atoms with Gasteiger partial charge in [-0.1, -0.05) is 20.8 Å². The summed E-state index contributed by atoms with van der Waals surface area (Å²) in [5.74, 6) is -0.184. The average molecular weight is 278 g/mol. The van der Waals surface area contributed by atoms with Gasteiger partial charge in [-0.05, 0) is 25.3 Å². The predicted octanol–water partition coefficient (Wildman–Crippen LogP) is 0.563. The van der Waals surface area contributed by atoms with E-state index in [4.69, 9.17) is 0 Å². The standard InChI is InChI=1S/C12H26N2O3S/c1-4-6-14-12(15)10-18(16,17)9-8-13-7-5-11(2)3/h11,13H,4-10H2,1-3H3,(H,14,15). The van der Waals surface area contributed by atoms with E-state index in [9.17, 15) is 13.2 Å². The lowest BCUT2D eigenvalue weighted by Gasteiger charge is -2.08. The molecule has 1 amide bonds. The summed E-state index contributed by atoms with van der Waals surface area (Å²) >= 11 is 0. The van der Waals surface area contributed by atoms with Crippen molar-refractivity contribution in [3.05, 3.63) is 0 Å². The van der Waals surface area contributed by atoms with Crippen LogP contribution in [-0.4, -0.2) is 45.5 Å². The third-order valence-electron chi connectivity index (χ3n) is 2.41. The predicted molar refractivity (Wildman–Crippen MR) is 74.3 cm³/mol. The molecule has 6 heteroatoms. The number of rotatable bonds is 10. The zero-order chi connectivity index (χ0) is 14.0. The number of sulfone groups is 1. The van der Waals surface area contributed by atoms with Crippen LogP contribution in [0.5, 0.6) is 0 Å². The van der Waals surface area contributed by atoms with Gasteiger partial charge in [-0.25, -0.2) is 8.42 Å². The summed E-state index contributed by atoms with van der Waals surface area (Å²) in [6.45, 7) is 7.92. The van der Waals surface area contributed by atoms with Gasteiger partial charge >= 0.3 is 0 Å². The van der Waals surface area contributed by atoms with E-state index in [2.05, 4.69) is 24.5 Å². The normalized spacial score (nSPS) is 11.8. The van der Waals surface area contributed by atoms with Crippen molar-refractivity contribution in [3.8, 4) is 0 Å². The Hall–Kier alpha value is -0.620. The molecule has 0 aliphatic rings. The van der Waals surface area contributed by atoms with Gasteiger partial charge in [-0.3, -0.25) is 4.79 Å². The molecule has 5 nitrogen and oxygen atoms in total. The van der Waals surface area contributed by atoms with Crippen LogP contribution in [-0.2, 0) is 14.6 Å². The Morgan fingerprint density at radius 1 is 1.17 bits per heavy atom. The number of hydrogen-bond acceptors (Lipinski definition) is 4. The molecule has 108 valence electrons. The second kappa shape index (κ2) is 9.33. The molecule has 2 N–H and O–H groups in total. The van der Waals surface area contributed by atoms with Crippen molar-refractivity contribution in [1.82, 2.24) is 10.6 Å². The number of carbonyl (C=O) groups is 1. The molecule has 0 radical (unpaired) electrons. The first-order valence-electron chi connectivity index (χ1n) is 6.55. The van der Waals surface area contributed by atoms with Crippen molar-refractivity contribution in [2.24, 2.45) is 5.92 Å². The highest BCUT2D eigenvalue weighted by atomic mass is 32.2. The summed E-state index contributed by atoms with van der Waals surface area (Å²) in [6, 6.07) is 0. The summed E-state index contributed by atoms with van der Waals surface area (Å²) in [6.07, 6.45) is 1.83. The smallest absolute Gasteiger partial charge is 0.235 e. The van der Waals surface area contributed by atoms with Gasteiger partial charge in [-0.2, -0.15) is 0 Å². The lowest BCUT2D eigenvalue weighted by Crippen LogP contribution is -2.34. The Balaban J connectivity index is 3.77. The van der Waals surface area contributed by atoms with E-state index in [-0.39, 0.29) is 5.75 Å². The molecule has 0 bridgehead atoms. The number of nitrogens with one attached hydrogen (secondary N) is 2. The van der Waals surface area contributed by atoms with Gasteiger partial charge in [0.2, 0.25) is 5.91 Å². The highest BCUT2D eigenvalue weighted by Gasteiger charge is 2.15. The van der Waals surface area contributed by atoms with Crippen LogP contribution in [0, 0.1) is 5.92 Å². The summed E-state index contributed by atoms with van der Waals surface area (Å²) in [5, 5.41) is 5.64. The molecule has 0 rings (SSSR count). The molecule has 0 atom stereocenters. The van der Waals surface area contributed by atoms with Crippen LogP contribution in [0.25, 0.3) is 0 Å². The highest BCUT2D eigenvalue weighted by molar-refractivity contribution is 7.92. The van der Waals surface area contributed by atoms with E-state index < -0.39 is 21.5 Å².